The Morgan fingerprint density at radius 3 is 2.00 bits per heavy atom. The van der Waals surface area contributed by atoms with Crippen LogP contribution in [0.25, 0.3) is 0 Å². The lowest BCUT2D eigenvalue weighted by Crippen LogP contribution is -1.99. The Hall–Kier alpha value is -1.12. The number of carboxylic acids is 1. The second-order valence-corrected chi connectivity index (χ2v) is 1.73. The highest BCUT2D eigenvalue weighted by Crippen LogP contribution is 1.98. The Labute approximate surface area is 53.0 Å². The van der Waals surface area contributed by atoms with Crippen LogP contribution in [-0.4, -0.2) is 17.4 Å². The Kier molecular flexibility index (Phi) is 2.64. The fraction of sp³-hybridized carbons (Fsp3) is 0.333. The largest absolute Gasteiger partial charge is 0.478 e. The fourth-order valence-corrected chi connectivity index (χ4v) is 0.257. The number of aldehydes is 1. The van der Waals surface area contributed by atoms with Crippen LogP contribution >= 0.6 is 0 Å². The van der Waals surface area contributed by atoms with E-state index in [2.05, 4.69) is 0 Å². The van der Waals surface area contributed by atoms with E-state index in [0.717, 1.165) is 0 Å². The molecular formula is C6H8O3. The Morgan fingerprint density at radius 2 is 1.89 bits per heavy atom. The minimum atomic E-state index is -1.04. The maximum absolute atomic E-state index is 10.1. The standard InChI is InChI=1S/C6H8O3/c1-4(3-7)5(2)6(8)9/h3H,1-2H3,(H,8,9)/b5-4+. The highest BCUT2D eigenvalue weighted by atomic mass is 16.4. The molecule has 0 bridgehead atoms. The molecule has 0 rings (SSSR count). The maximum atomic E-state index is 10.1. The first kappa shape index (κ1) is 7.88. The van der Waals surface area contributed by atoms with E-state index in [9.17, 15) is 9.59 Å². The lowest BCUT2D eigenvalue weighted by molar-refractivity contribution is -0.132. The van der Waals surface area contributed by atoms with Crippen LogP contribution in [0.1, 0.15) is 13.8 Å². The van der Waals surface area contributed by atoms with Gasteiger partial charge in [-0.25, -0.2) is 4.79 Å². The molecule has 3 nitrogen and oxygen atoms in total. The number of carbonyl (C=O) groups is 2. The van der Waals surface area contributed by atoms with E-state index in [1.54, 1.807) is 0 Å². The predicted molar refractivity (Wildman–Crippen MR) is 32.1 cm³/mol. The summed E-state index contributed by atoms with van der Waals surface area (Å²) in [4.78, 5) is 20.0. The number of allylic oxidation sites excluding steroid dienone is 1. The molecular weight excluding hydrogens is 120 g/mol. The lowest BCUT2D eigenvalue weighted by Gasteiger charge is -1.91. The molecule has 0 aliphatic carbocycles. The highest BCUT2D eigenvalue weighted by molar-refractivity contribution is 5.93. The molecule has 0 fully saturated rings. The Morgan fingerprint density at radius 1 is 1.44 bits per heavy atom. The van der Waals surface area contributed by atoms with Crippen LogP contribution < -0.4 is 0 Å². The van der Waals surface area contributed by atoms with Gasteiger partial charge in [-0.3, -0.25) is 4.79 Å². The van der Waals surface area contributed by atoms with Crippen molar-refractivity contribution < 1.29 is 14.7 Å². The van der Waals surface area contributed by atoms with Crippen molar-refractivity contribution in [2.75, 3.05) is 0 Å². The minimum absolute atomic E-state index is 0.102. The van der Waals surface area contributed by atoms with Crippen LogP contribution in [0.2, 0.25) is 0 Å². The number of hydrogen-bond donors (Lipinski definition) is 1. The molecule has 0 spiro atoms. The van der Waals surface area contributed by atoms with Gasteiger partial charge in [0.05, 0.1) is 0 Å². The summed E-state index contributed by atoms with van der Waals surface area (Å²) in [5.41, 5.74) is 0.368. The average molecular weight is 128 g/mol. The SMILES string of the molecule is C/C(C=O)=C(/C)C(=O)O. The molecule has 0 radical (unpaired) electrons. The number of aliphatic carboxylic acids is 1. The van der Waals surface area contributed by atoms with Crippen molar-refractivity contribution in [2.24, 2.45) is 0 Å². The molecule has 0 unspecified atom stereocenters. The first-order chi connectivity index (χ1) is 4.09. The van der Waals surface area contributed by atoms with Gasteiger partial charge in [0.15, 0.2) is 0 Å². The first-order valence-corrected chi connectivity index (χ1v) is 2.45. The summed E-state index contributed by atoms with van der Waals surface area (Å²) < 4.78 is 0. The average Bonchev–Trinajstić information content (AvgIpc) is 1.84. The Balaban J connectivity index is 4.47. The Bertz CT molecular complexity index is 167. The number of hydrogen-bond acceptors (Lipinski definition) is 2. The van der Waals surface area contributed by atoms with E-state index < -0.39 is 5.97 Å². The van der Waals surface area contributed by atoms with Crippen molar-refractivity contribution in [1.82, 2.24) is 0 Å². The topological polar surface area (TPSA) is 54.4 Å². The van der Waals surface area contributed by atoms with Crippen LogP contribution in [0.15, 0.2) is 11.1 Å². The fourth-order valence-electron chi connectivity index (χ4n) is 0.257. The van der Waals surface area contributed by atoms with Crippen LogP contribution in [0, 0.1) is 0 Å². The third-order valence-electron chi connectivity index (χ3n) is 1.09. The molecule has 0 atom stereocenters. The number of carboxylic acid groups (broad SMARTS) is 1. The lowest BCUT2D eigenvalue weighted by atomic mass is 10.2. The zero-order valence-electron chi connectivity index (χ0n) is 5.34. The quantitative estimate of drug-likeness (QED) is 0.437. The van der Waals surface area contributed by atoms with Gasteiger partial charge in [-0.1, -0.05) is 0 Å². The third kappa shape index (κ3) is 2.08. The zero-order chi connectivity index (χ0) is 7.44. The third-order valence-corrected chi connectivity index (χ3v) is 1.09. The summed E-state index contributed by atoms with van der Waals surface area (Å²) >= 11 is 0. The van der Waals surface area contributed by atoms with Gasteiger partial charge in [-0.2, -0.15) is 0 Å². The molecule has 0 heterocycles. The van der Waals surface area contributed by atoms with Crippen LogP contribution in [-0.2, 0) is 9.59 Å². The van der Waals surface area contributed by atoms with Gasteiger partial charge >= 0.3 is 5.97 Å². The molecule has 0 saturated heterocycles. The van der Waals surface area contributed by atoms with Gasteiger partial charge in [0, 0.05) is 5.57 Å². The summed E-state index contributed by atoms with van der Waals surface area (Å²) in [5.74, 6) is -1.04. The van der Waals surface area contributed by atoms with Crippen LogP contribution in [0.4, 0.5) is 0 Å². The van der Waals surface area contributed by atoms with Crippen molar-refractivity contribution in [3.05, 3.63) is 11.1 Å². The van der Waals surface area contributed by atoms with Crippen molar-refractivity contribution >= 4 is 12.3 Å². The number of carbonyl (C=O) groups excluding carboxylic acids is 1. The maximum Gasteiger partial charge on any atom is 0.331 e. The van der Waals surface area contributed by atoms with E-state index in [4.69, 9.17) is 5.11 Å². The molecule has 0 aromatic heterocycles. The smallest absolute Gasteiger partial charge is 0.331 e. The van der Waals surface area contributed by atoms with E-state index >= 15 is 0 Å². The van der Waals surface area contributed by atoms with Crippen LogP contribution in [0.3, 0.4) is 0 Å². The summed E-state index contributed by atoms with van der Waals surface area (Å²) in [5, 5.41) is 8.27. The molecule has 3 heteroatoms. The summed E-state index contributed by atoms with van der Waals surface area (Å²) in [6.45, 7) is 2.86. The van der Waals surface area contributed by atoms with E-state index in [1.807, 2.05) is 0 Å². The second-order valence-electron chi connectivity index (χ2n) is 1.73. The summed E-state index contributed by atoms with van der Waals surface area (Å²) in [7, 11) is 0. The molecule has 0 aromatic rings. The van der Waals surface area contributed by atoms with Gasteiger partial charge in [-0.15, -0.1) is 0 Å². The van der Waals surface area contributed by atoms with Crippen LogP contribution in [0.5, 0.6) is 0 Å². The van der Waals surface area contributed by atoms with E-state index in [-0.39, 0.29) is 11.1 Å². The number of rotatable bonds is 2. The molecule has 0 saturated carbocycles. The van der Waals surface area contributed by atoms with Gasteiger partial charge < -0.3 is 5.11 Å². The predicted octanol–water partition coefficient (Wildman–Crippen LogP) is 0.606. The van der Waals surface area contributed by atoms with Gasteiger partial charge in [0.2, 0.25) is 0 Å². The monoisotopic (exact) mass is 128 g/mol. The zero-order valence-corrected chi connectivity index (χ0v) is 5.34. The van der Waals surface area contributed by atoms with Crippen molar-refractivity contribution in [3.63, 3.8) is 0 Å². The summed E-state index contributed by atoms with van der Waals surface area (Å²) in [6.07, 6.45) is 0.531. The summed E-state index contributed by atoms with van der Waals surface area (Å²) in [6, 6.07) is 0. The molecule has 0 aliphatic rings. The normalized spacial score (nSPS) is 12.2. The van der Waals surface area contributed by atoms with E-state index in [1.165, 1.54) is 13.8 Å². The molecule has 9 heavy (non-hydrogen) atoms. The van der Waals surface area contributed by atoms with Gasteiger partial charge in [-0.05, 0) is 19.4 Å². The van der Waals surface area contributed by atoms with Crippen molar-refractivity contribution in [2.45, 2.75) is 13.8 Å². The molecule has 0 aromatic carbocycles. The molecule has 1 N–H and O–H groups in total. The second kappa shape index (κ2) is 3.02. The van der Waals surface area contributed by atoms with Crippen molar-refractivity contribution in [1.29, 1.82) is 0 Å². The molecule has 0 aliphatic heterocycles. The van der Waals surface area contributed by atoms with Gasteiger partial charge in [0.25, 0.3) is 0 Å². The molecule has 0 amide bonds. The van der Waals surface area contributed by atoms with Gasteiger partial charge in [0.1, 0.15) is 6.29 Å². The highest BCUT2D eigenvalue weighted by Gasteiger charge is 2.02. The molecule has 50 valence electrons. The minimum Gasteiger partial charge on any atom is -0.478 e. The first-order valence-electron chi connectivity index (χ1n) is 2.45. The van der Waals surface area contributed by atoms with Crippen molar-refractivity contribution in [3.8, 4) is 0 Å². The van der Waals surface area contributed by atoms with E-state index in [0.29, 0.717) is 6.29 Å².